The summed E-state index contributed by atoms with van der Waals surface area (Å²) in [5.41, 5.74) is 0.844. The summed E-state index contributed by atoms with van der Waals surface area (Å²) in [6.07, 6.45) is -0.608. The van der Waals surface area contributed by atoms with Gasteiger partial charge in [-0.05, 0) is 78.4 Å². The van der Waals surface area contributed by atoms with Gasteiger partial charge in [0.2, 0.25) is 0 Å². The third-order valence-electron chi connectivity index (χ3n) is 3.22. The highest BCUT2D eigenvalue weighted by molar-refractivity contribution is 14.1. The molecule has 1 amide bonds. The van der Waals surface area contributed by atoms with E-state index in [4.69, 9.17) is 4.74 Å². The number of ether oxygens (including phenoxy) is 1. The van der Waals surface area contributed by atoms with Crippen molar-refractivity contribution in [2.75, 3.05) is 0 Å². The van der Waals surface area contributed by atoms with Crippen molar-refractivity contribution < 1.29 is 13.9 Å². The van der Waals surface area contributed by atoms with Crippen LogP contribution >= 0.6 is 22.6 Å². The van der Waals surface area contributed by atoms with Crippen LogP contribution in [-0.2, 0) is 4.79 Å². The maximum atomic E-state index is 12.9. The minimum atomic E-state index is -0.608. The fraction of sp³-hybridized carbons (Fsp3) is 0.235. The average Bonchev–Trinajstić information content (AvgIpc) is 2.50. The van der Waals surface area contributed by atoms with E-state index in [2.05, 4.69) is 27.9 Å². The zero-order valence-corrected chi connectivity index (χ0v) is 14.5. The molecule has 0 radical (unpaired) electrons. The summed E-state index contributed by atoms with van der Waals surface area (Å²) < 4.78 is 19.6. The zero-order valence-electron chi connectivity index (χ0n) is 12.3. The van der Waals surface area contributed by atoms with E-state index < -0.39 is 6.10 Å². The molecule has 2 aromatic rings. The van der Waals surface area contributed by atoms with E-state index in [1.54, 1.807) is 19.1 Å². The Kier molecular flexibility index (Phi) is 5.76. The van der Waals surface area contributed by atoms with E-state index in [-0.39, 0.29) is 17.8 Å². The van der Waals surface area contributed by atoms with Crippen molar-refractivity contribution in [1.29, 1.82) is 0 Å². The van der Waals surface area contributed by atoms with Crippen LogP contribution in [0.25, 0.3) is 0 Å². The molecule has 2 atom stereocenters. The van der Waals surface area contributed by atoms with E-state index in [9.17, 15) is 9.18 Å². The lowest BCUT2D eigenvalue weighted by molar-refractivity contribution is -0.127. The molecule has 2 rings (SSSR count). The number of halogens is 2. The zero-order chi connectivity index (χ0) is 16.1. The first-order valence-electron chi connectivity index (χ1n) is 6.94. The lowest BCUT2D eigenvalue weighted by atomic mass is 10.1. The number of amides is 1. The van der Waals surface area contributed by atoms with E-state index in [1.807, 2.05) is 31.2 Å². The van der Waals surface area contributed by atoms with Crippen molar-refractivity contribution in [2.45, 2.75) is 26.0 Å². The summed E-state index contributed by atoms with van der Waals surface area (Å²) in [6.45, 7) is 3.55. The van der Waals surface area contributed by atoms with Crippen LogP contribution < -0.4 is 10.1 Å². The van der Waals surface area contributed by atoms with Gasteiger partial charge in [0.15, 0.2) is 6.10 Å². The van der Waals surface area contributed by atoms with Crippen molar-refractivity contribution in [3.8, 4) is 5.75 Å². The maximum Gasteiger partial charge on any atom is 0.261 e. The first kappa shape index (κ1) is 16.7. The van der Waals surface area contributed by atoms with Crippen LogP contribution in [0.15, 0.2) is 48.5 Å². The highest BCUT2D eigenvalue weighted by Gasteiger charge is 2.17. The highest BCUT2D eigenvalue weighted by atomic mass is 127. The summed E-state index contributed by atoms with van der Waals surface area (Å²) in [7, 11) is 0. The molecule has 0 saturated carbocycles. The molecule has 3 nitrogen and oxygen atoms in total. The molecular weight excluding hydrogens is 396 g/mol. The third kappa shape index (κ3) is 4.69. The van der Waals surface area contributed by atoms with Crippen LogP contribution in [0.2, 0.25) is 0 Å². The molecule has 0 heterocycles. The van der Waals surface area contributed by atoms with Gasteiger partial charge in [0.05, 0.1) is 6.04 Å². The standard InChI is InChI=1S/C17H17FINO2/c1-11(13-3-5-14(18)6-4-13)20-17(21)12(2)22-16-9-7-15(19)8-10-16/h3-12H,1-2H3,(H,20,21)/t11-,12-/m0/s1. The van der Waals surface area contributed by atoms with Gasteiger partial charge in [0.25, 0.3) is 5.91 Å². The second kappa shape index (κ2) is 7.58. The van der Waals surface area contributed by atoms with Gasteiger partial charge in [-0.2, -0.15) is 0 Å². The maximum absolute atomic E-state index is 12.9. The van der Waals surface area contributed by atoms with E-state index >= 15 is 0 Å². The van der Waals surface area contributed by atoms with E-state index in [1.165, 1.54) is 12.1 Å². The Morgan fingerprint density at radius 2 is 1.68 bits per heavy atom. The van der Waals surface area contributed by atoms with Crippen LogP contribution in [0.5, 0.6) is 5.75 Å². The SMILES string of the molecule is C[C@H](Oc1ccc(I)cc1)C(=O)N[C@@H](C)c1ccc(F)cc1. The molecule has 0 spiro atoms. The molecule has 0 aromatic heterocycles. The smallest absolute Gasteiger partial charge is 0.261 e. The molecule has 116 valence electrons. The van der Waals surface area contributed by atoms with Gasteiger partial charge in [-0.1, -0.05) is 12.1 Å². The minimum Gasteiger partial charge on any atom is -0.481 e. The van der Waals surface area contributed by atoms with Crippen molar-refractivity contribution in [1.82, 2.24) is 5.32 Å². The van der Waals surface area contributed by atoms with Gasteiger partial charge < -0.3 is 10.1 Å². The Morgan fingerprint density at radius 1 is 1.09 bits per heavy atom. The number of nitrogens with one attached hydrogen (secondary N) is 1. The topological polar surface area (TPSA) is 38.3 Å². The predicted molar refractivity (Wildman–Crippen MR) is 92.2 cm³/mol. The molecule has 0 aliphatic carbocycles. The summed E-state index contributed by atoms with van der Waals surface area (Å²) in [4.78, 5) is 12.2. The van der Waals surface area contributed by atoms with Crippen molar-refractivity contribution in [3.63, 3.8) is 0 Å². The molecule has 0 unspecified atom stereocenters. The van der Waals surface area contributed by atoms with Crippen molar-refractivity contribution in [2.24, 2.45) is 0 Å². The van der Waals surface area contributed by atoms with Gasteiger partial charge in [0.1, 0.15) is 11.6 Å². The fourth-order valence-electron chi connectivity index (χ4n) is 1.94. The van der Waals surface area contributed by atoms with Crippen molar-refractivity contribution >= 4 is 28.5 Å². The Bertz CT molecular complexity index is 628. The normalized spacial score (nSPS) is 13.3. The lowest BCUT2D eigenvalue weighted by Crippen LogP contribution is -2.37. The number of carbonyl (C=O) groups is 1. The molecule has 0 aliphatic rings. The summed E-state index contributed by atoms with van der Waals surface area (Å²) in [5, 5.41) is 2.86. The van der Waals surface area contributed by atoms with Gasteiger partial charge in [-0.15, -0.1) is 0 Å². The highest BCUT2D eigenvalue weighted by Crippen LogP contribution is 2.16. The molecule has 22 heavy (non-hydrogen) atoms. The molecule has 5 heteroatoms. The van der Waals surface area contributed by atoms with Crippen LogP contribution in [0.1, 0.15) is 25.5 Å². The molecule has 0 fully saturated rings. The minimum absolute atomic E-state index is 0.212. The van der Waals surface area contributed by atoms with Crippen LogP contribution in [0.4, 0.5) is 4.39 Å². The molecule has 2 aromatic carbocycles. The number of hydrogen-bond donors (Lipinski definition) is 1. The number of carbonyl (C=O) groups excluding carboxylic acids is 1. The first-order chi connectivity index (χ1) is 10.5. The molecule has 0 saturated heterocycles. The van der Waals surface area contributed by atoms with E-state index in [0.717, 1.165) is 9.13 Å². The Balaban J connectivity index is 1.93. The Morgan fingerprint density at radius 3 is 2.27 bits per heavy atom. The Labute approximate surface area is 143 Å². The molecule has 0 bridgehead atoms. The van der Waals surface area contributed by atoms with Crippen molar-refractivity contribution in [3.05, 3.63) is 63.5 Å². The monoisotopic (exact) mass is 413 g/mol. The largest absolute Gasteiger partial charge is 0.481 e. The van der Waals surface area contributed by atoms with Gasteiger partial charge in [-0.25, -0.2) is 4.39 Å². The van der Waals surface area contributed by atoms with Crippen LogP contribution in [-0.4, -0.2) is 12.0 Å². The van der Waals surface area contributed by atoms with Gasteiger partial charge >= 0.3 is 0 Å². The number of hydrogen-bond acceptors (Lipinski definition) is 2. The van der Waals surface area contributed by atoms with Gasteiger partial charge in [0, 0.05) is 3.57 Å². The second-order valence-electron chi connectivity index (χ2n) is 5.00. The summed E-state index contributed by atoms with van der Waals surface area (Å²) >= 11 is 2.21. The van der Waals surface area contributed by atoms with Gasteiger partial charge in [-0.3, -0.25) is 4.79 Å². The molecule has 1 N–H and O–H groups in total. The van der Waals surface area contributed by atoms with E-state index in [0.29, 0.717) is 5.75 Å². The number of benzene rings is 2. The van der Waals surface area contributed by atoms with Crippen LogP contribution in [0.3, 0.4) is 0 Å². The molecule has 0 aliphatic heterocycles. The Hall–Kier alpha value is -1.63. The summed E-state index contributed by atoms with van der Waals surface area (Å²) in [6, 6.07) is 13.4. The second-order valence-corrected chi connectivity index (χ2v) is 6.24. The van der Waals surface area contributed by atoms with Crippen LogP contribution in [0, 0.1) is 9.39 Å². The third-order valence-corrected chi connectivity index (χ3v) is 3.94. The first-order valence-corrected chi connectivity index (χ1v) is 8.01. The summed E-state index contributed by atoms with van der Waals surface area (Å²) in [5.74, 6) is 0.144. The molecular formula is C17H17FINO2. The quantitative estimate of drug-likeness (QED) is 0.751. The number of rotatable bonds is 5. The fourth-order valence-corrected chi connectivity index (χ4v) is 2.30. The lowest BCUT2D eigenvalue weighted by Gasteiger charge is -2.19. The predicted octanol–water partition coefficient (Wildman–Crippen LogP) is 4.08. The average molecular weight is 413 g/mol.